The number of nitriles is 2. The van der Waals surface area contributed by atoms with Crippen LogP contribution in [0, 0.1) is 34.5 Å². The summed E-state index contributed by atoms with van der Waals surface area (Å²) in [4.78, 5) is 4.49. The molecule has 6 heteroatoms. The topological polar surface area (TPSA) is 89.9 Å². The van der Waals surface area contributed by atoms with E-state index in [1.807, 2.05) is 30.3 Å². The number of aromatic nitrogens is 1. The Morgan fingerprint density at radius 1 is 1.23 bits per heavy atom. The Balaban J connectivity index is 1.62. The summed E-state index contributed by atoms with van der Waals surface area (Å²) in [5, 5.41) is 32.4. The molecule has 176 valence electrons. The van der Waals surface area contributed by atoms with E-state index in [1.54, 1.807) is 31.5 Å². The second-order valence-corrected chi connectivity index (χ2v) is 9.82. The third kappa shape index (κ3) is 3.86. The van der Waals surface area contributed by atoms with E-state index in [0.717, 1.165) is 53.7 Å². The molecule has 6 nitrogen and oxygen atoms in total. The highest BCUT2D eigenvalue weighted by Gasteiger charge is 2.54. The van der Waals surface area contributed by atoms with Gasteiger partial charge in [-0.3, -0.25) is 4.98 Å². The number of aliphatic hydroxyl groups is 1. The summed E-state index contributed by atoms with van der Waals surface area (Å²) in [7, 11) is 1.63. The Hall–Kier alpha value is -3.71. The van der Waals surface area contributed by atoms with Gasteiger partial charge in [0, 0.05) is 35.9 Å². The largest absolute Gasteiger partial charge is 0.497 e. The van der Waals surface area contributed by atoms with Crippen LogP contribution < -0.4 is 4.74 Å². The summed E-state index contributed by atoms with van der Waals surface area (Å²) in [5.74, 6) is 1.54. The standard InChI is InChI=1S/C29H29N4O2/c1-3-19-17-33(18-26-21(15-30)5-4-6-22(26)16-31)12-10-20(19)13-28(33)29(34)24-9-11-32-27-8-7-23(35-2)14-25(24)27/h3-9,11,14,19-20,28-29,34H,1,10,12-13,17-18H2,2H3/q+1/t19?,20?,28?,29-,33?/m1/s1. The number of hydrogen-bond donors (Lipinski definition) is 1. The van der Waals surface area contributed by atoms with Gasteiger partial charge in [0.2, 0.25) is 0 Å². The molecule has 2 aromatic carbocycles. The SMILES string of the molecule is C=CC1C[N+]2(Cc3c(C#N)cccc3C#N)CCC1CC2[C@H](O)c1ccnc2ccc(OC)cc12. The second kappa shape index (κ2) is 9.15. The van der Waals surface area contributed by atoms with E-state index in [1.165, 1.54) is 0 Å². The highest BCUT2D eigenvalue weighted by Crippen LogP contribution is 2.48. The predicted octanol–water partition coefficient (Wildman–Crippen LogP) is 4.63. The maximum absolute atomic E-state index is 11.9. The number of fused-ring (bicyclic) bond motifs is 4. The first-order valence-corrected chi connectivity index (χ1v) is 12.0. The van der Waals surface area contributed by atoms with Gasteiger partial charge in [0.25, 0.3) is 0 Å². The fraction of sp³-hybridized carbons (Fsp3) is 0.345. The minimum Gasteiger partial charge on any atom is -0.497 e. The van der Waals surface area contributed by atoms with Crippen molar-refractivity contribution in [1.82, 2.24) is 4.98 Å². The van der Waals surface area contributed by atoms with Crippen molar-refractivity contribution in [3.05, 3.63) is 83.6 Å². The molecule has 2 bridgehead atoms. The molecular weight excluding hydrogens is 436 g/mol. The summed E-state index contributed by atoms with van der Waals surface area (Å²) in [6, 6.07) is 17.5. The minimum atomic E-state index is -0.721. The van der Waals surface area contributed by atoms with E-state index in [9.17, 15) is 15.6 Å². The lowest BCUT2D eigenvalue weighted by Gasteiger charge is -2.58. The summed E-state index contributed by atoms with van der Waals surface area (Å²) in [5.41, 5.74) is 3.50. The first-order valence-electron chi connectivity index (χ1n) is 12.0. The van der Waals surface area contributed by atoms with Crippen molar-refractivity contribution < 1.29 is 14.3 Å². The highest BCUT2D eigenvalue weighted by atomic mass is 16.5. The molecule has 0 spiro atoms. The molecule has 35 heavy (non-hydrogen) atoms. The summed E-state index contributed by atoms with van der Waals surface area (Å²) < 4.78 is 6.08. The number of pyridine rings is 1. The first-order chi connectivity index (χ1) is 17.0. The van der Waals surface area contributed by atoms with Crippen molar-refractivity contribution in [2.45, 2.75) is 31.5 Å². The molecule has 0 aliphatic carbocycles. The molecule has 4 unspecified atom stereocenters. The van der Waals surface area contributed by atoms with Crippen molar-refractivity contribution in [2.24, 2.45) is 11.8 Å². The van der Waals surface area contributed by atoms with E-state index in [2.05, 4.69) is 23.7 Å². The zero-order valence-electron chi connectivity index (χ0n) is 19.9. The van der Waals surface area contributed by atoms with E-state index < -0.39 is 6.10 Å². The first kappa shape index (κ1) is 23.1. The molecule has 3 aromatic rings. The van der Waals surface area contributed by atoms with E-state index in [-0.39, 0.29) is 6.04 Å². The molecular formula is C29H29N4O2+. The van der Waals surface area contributed by atoms with Crippen molar-refractivity contribution >= 4 is 10.9 Å². The molecule has 0 amide bonds. The lowest BCUT2D eigenvalue weighted by Crippen LogP contribution is -2.67. The van der Waals surface area contributed by atoms with Crippen LogP contribution >= 0.6 is 0 Å². The Bertz CT molecular complexity index is 1340. The highest BCUT2D eigenvalue weighted by molar-refractivity contribution is 5.83. The van der Waals surface area contributed by atoms with Crippen molar-refractivity contribution in [2.75, 3.05) is 20.2 Å². The van der Waals surface area contributed by atoms with Gasteiger partial charge < -0.3 is 14.3 Å². The lowest BCUT2D eigenvalue weighted by molar-refractivity contribution is -0.985. The van der Waals surface area contributed by atoms with Crippen molar-refractivity contribution in [1.29, 1.82) is 10.5 Å². The third-order valence-corrected chi connectivity index (χ3v) is 8.23. The maximum Gasteiger partial charge on any atom is 0.131 e. The minimum absolute atomic E-state index is 0.0694. The Morgan fingerprint density at radius 2 is 2.00 bits per heavy atom. The van der Waals surface area contributed by atoms with E-state index in [4.69, 9.17) is 4.74 Å². The van der Waals surface area contributed by atoms with Gasteiger partial charge in [0.05, 0.1) is 49.0 Å². The Labute approximate surface area is 205 Å². The molecule has 3 fully saturated rings. The van der Waals surface area contributed by atoms with Crippen LogP contribution in [0.5, 0.6) is 5.75 Å². The van der Waals surface area contributed by atoms with Crippen molar-refractivity contribution in [3.8, 4) is 17.9 Å². The quantitative estimate of drug-likeness (QED) is 0.423. The second-order valence-electron chi connectivity index (χ2n) is 9.82. The van der Waals surface area contributed by atoms with Crippen molar-refractivity contribution in [3.63, 3.8) is 0 Å². The third-order valence-electron chi connectivity index (χ3n) is 8.23. The average molecular weight is 466 g/mol. The van der Waals surface area contributed by atoms with Gasteiger partial charge in [-0.05, 0) is 47.9 Å². The van der Waals surface area contributed by atoms with Crippen LogP contribution in [0.25, 0.3) is 10.9 Å². The zero-order valence-corrected chi connectivity index (χ0v) is 19.9. The number of hydrogen-bond acceptors (Lipinski definition) is 5. The Kier molecular flexibility index (Phi) is 6.03. The van der Waals surface area contributed by atoms with Gasteiger partial charge in [0.1, 0.15) is 24.4 Å². The van der Waals surface area contributed by atoms with Gasteiger partial charge >= 0.3 is 0 Å². The van der Waals surface area contributed by atoms with Gasteiger partial charge in [-0.25, -0.2) is 0 Å². The van der Waals surface area contributed by atoms with Crippen LogP contribution in [0.4, 0.5) is 0 Å². The van der Waals surface area contributed by atoms with E-state index in [0.29, 0.717) is 34.0 Å². The number of nitrogens with zero attached hydrogens (tertiary/aromatic N) is 4. The number of ether oxygens (including phenoxy) is 1. The summed E-state index contributed by atoms with van der Waals surface area (Å²) in [6.07, 6.45) is 4.98. The molecule has 4 heterocycles. The molecule has 1 aromatic heterocycles. The molecule has 5 atom stereocenters. The smallest absolute Gasteiger partial charge is 0.131 e. The number of quaternary nitrogens is 1. The van der Waals surface area contributed by atoms with Gasteiger partial charge in [0.15, 0.2) is 0 Å². The molecule has 1 N–H and O–H groups in total. The average Bonchev–Trinajstić information content (AvgIpc) is 2.92. The number of aliphatic hydroxyl groups excluding tert-OH is 1. The number of methoxy groups -OCH3 is 1. The van der Waals surface area contributed by atoms with Gasteiger partial charge in [-0.15, -0.1) is 6.58 Å². The van der Waals surface area contributed by atoms with Crippen LogP contribution in [-0.4, -0.2) is 40.8 Å². The normalized spacial score (nSPS) is 26.0. The number of benzene rings is 2. The van der Waals surface area contributed by atoms with Gasteiger partial charge in [-0.1, -0.05) is 12.1 Å². The van der Waals surface area contributed by atoms with Crippen LogP contribution in [0.2, 0.25) is 0 Å². The van der Waals surface area contributed by atoms with Gasteiger partial charge in [-0.2, -0.15) is 10.5 Å². The number of piperidine rings is 3. The zero-order chi connectivity index (χ0) is 24.6. The van der Waals surface area contributed by atoms with Crippen LogP contribution in [0.1, 0.15) is 41.2 Å². The van der Waals surface area contributed by atoms with Crippen LogP contribution in [-0.2, 0) is 6.54 Å². The monoisotopic (exact) mass is 465 g/mol. The molecule has 3 saturated heterocycles. The summed E-state index contributed by atoms with van der Waals surface area (Å²) >= 11 is 0. The fourth-order valence-electron chi connectivity index (χ4n) is 6.40. The predicted molar refractivity (Wildman–Crippen MR) is 133 cm³/mol. The fourth-order valence-corrected chi connectivity index (χ4v) is 6.40. The molecule has 6 rings (SSSR count). The van der Waals surface area contributed by atoms with Crippen LogP contribution in [0.3, 0.4) is 0 Å². The summed E-state index contributed by atoms with van der Waals surface area (Å²) in [6.45, 7) is 6.37. The molecule has 3 aliphatic heterocycles. The molecule has 0 radical (unpaired) electrons. The molecule has 0 saturated carbocycles. The van der Waals surface area contributed by atoms with E-state index >= 15 is 0 Å². The number of rotatable bonds is 6. The lowest BCUT2D eigenvalue weighted by atomic mass is 9.71. The molecule has 3 aliphatic rings. The van der Waals surface area contributed by atoms with Crippen LogP contribution in [0.15, 0.2) is 61.3 Å². The maximum atomic E-state index is 11.9. The Morgan fingerprint density at radius 3 is 2.69 bits per heavy atom.